The third-order valence-electron chi connectivity index (χ3n) is 5.66. The first kappa shape index (κ1) is 25.2. The number of nitrogens with one attached hydrogen (secondary N) is 1. The van der Waals surface area contributed by atoms with Gasteiger partial charge in [0.2, 0.25) is 0 Å². The normalized spacial score (nSPS) is 12.1. The monoisotopic (exact) mass is 538 g/mol. The molecule has 0 saturated carbocycles. The van der Waals surface area contributed by atoms with Crippen molar-refractivity contribution in [3.8, 4) is 23.1 Å². The Balaban J connectivity index is 1.63. The number of rotatable bonds is 7. The van der Waals surface area contributed by atoms with Crippen LogP contribution in [0.1, 0.15) is 11.5 Å². The quantitative estimate of drug-likeness (QED) is 0.247. The molecule has 0 spiro atoms. The van der Waals surface area contributed by atoms with Crippen LogP contribution in [0.4, 0.5) is 5.69 Å². The second-order valence-electron chi connectivity index (χ2n) is 8.12. The summed E-state index contributed by atoms with van der Waals surface area (Å²) in [6.07, 6.45) is 2.95. The summed E-state index contributed by atoms with van der Waals surface area (Å²) >= 11 is 0.956. The maximum absolute atomic E-state index is 13.5. The minimum Gasteiger partial charge on any atom is -0.467 e. The number of para-hydroxylation sites is 2. The second kappa shape index (κ2) is 10.9. The number of aromatic nitrogens is 1. The van der Waals surface area contributed by atoms with E-state index in [1.54, 1.807) is 72.8 Å². The number of nitro groups is 1. The summed E-state index contributed by atoms with van der Waals surface area (Å²) in [7, 11) is 0. The fourth-order valence-corrected chi connectivity index (χ4v) is 4.95. The Bertz CT molecular complexity index is 1890. The zero-order valence-corrected chi connectivity index (χ0v) is 20.9. The summed E-state index contributed by atoms with van der Waals surface area (Å²) in [5, 5.41) is 24.0. The Labute approximate surface area is 224 Å². The van der Waals surface area contributed by atoms with Crippen LogP contribution >= 0.6 is 11.3 Å². The maximum atomic E-state index is 13.5. The van der Waals surface area contributed by atoms with Gasteiger partial charge in [-0.2, -0.15) is 5.26 Å². The highest BCUT2D eigenvalue weighted by Crippen LogP contribution is 2.30. The van der Waals surface area contributed by atoms with E-state index < -0.39 is 16.4 Å². The van der Waals surface area contributed by atoms with Gasteiger partial charge >= 0.3 is 0 Å². The molecule has 5 rings (SSSR count). The second-order valence-corrected chi connectivity index (χ2v) is 9.15. The van der Waals surface area contributed by atoms with E-state index in [2.05, 4.69) is 5.32 Å². The van der Waals surface area contributed by atoms with Gasteiger partial charge in [0.1, 0.15) is 28.0 Å². The molecule has 1 amide bonds. The van der Waals surface area contributed by atoms with Gasteiger partial charge in [-0.3, -0.25) is 24.3 Å². The Hall–Kier alpha value is -5.47. The van der Waals surface area contributed by atoms with Gasteiger partial charge in [0, 0.05) is 12.1 Å². The molecule has 192 valence electrons. The van der Waals surface area contributed by atoms with E-state index in [0.717, 1.165) is 11.3 Å². The Kier molecular flexibility index (Phi) is 7.02. The lowest BCUT2D eigenvalue weighted by Gasteiger charge is -2.04. The van der Waals surface area contributed by atoms with Gasteiger partial charge in [0.15, 0.2) is 5.57 Å². The molecule has 10 nitrogen and oxygen atoms in total. The first-order chi connectivity index (χ1) is 19.0. The molecule has 0 fully saturated rings. The highest BCUT2D eigenvalue weighted by Gasteiger charge is 2.19. The van der Waals surface area contributed by atoms with Crippen molar-refractivity contribution >= 4 is 34.6 Å². The summed E-state index contributed by atoms with van der Waals surface area (Å²) < 4.78 is 12.7. The van der Waals surface area contributed by atoms with Crippen molar-refractivity contribution in [2.24, 2.45) is 0 Å². The average Bonchev–Trinajstić information content (AvgIpc) is 3.70. The smallest absolute Gasteiger partial charge is 0.280 e. The predicted octanol–water partition coefficient (Wildman–Crippen LogP) is 3.48. The van der Waals surface area contributed by atoms with Gasteiger partial charge in [-0.05, 0) is 42.5 Å². The Morgan fingerprint density at radius 1 is 1.08 bits per heavy atom. The van der Waals surface area contributed by atoms with E-state index in [1.165, 1.54) is 23.0 Å². The van der Waals surface area contributed by atoms with Gasteiger partial charge in [-0.15, -0.1) is 11.3 Å². The molecule has 3 aromatic heterocycles. The number of nitrogens with zero attached hydrogens (tertiary/aromatic N) is 3. The Morgan fingerprint density at radius 2 is 1.85 bits per heavy atom. The fourth-order valence-electron chi connectivity index (χ4n) is 3.87. The largest absolute Gasteiger partial charge is 0.467 e. The topological polar surface area (TPSA) is 144 Å². The molecule has 11 heteroatoms. The van der Waals surface area contributed by atoms with Crippen LogP contribution in [0.25, 0.3) is 28.7 Å². The standard InChI is InChI=1S/C28H18N4O6S/c29-16-22(26(33)30-17-20-9-6-14-37-20)28-31(18-7-2-1-3-8-18)27(34)25(39-28)15-19-12-13-24(38-19)21-10-4-5-11-23(21)32(35)36/h1-15H,17H2,(H,30,33)/b25-15-,28-22-. The number of furan rings is 2. The molecular weight excluding hydrogens is 520 g/mol. The first-order valence-corrected chi connectivity index (χ1v) is 12.4. The van der Waals surface area contributed by atoms with E-state index in [9.17, 15) is 25.0 Å². The number of thiazole rings is 1. The van der Waals surface area contributed by atoms with E-state index in [1.807, 2.05) is 6.07 Å². The van der Waals surface area contributed by atoms with Crippen molar-refractivity contribution in [3.05, 3.63) is 126 Å². The summed E-state index contributed by atoms with van der Waals surface area (Å²) in [5.74, 6) is 0.376. The number of carbonyl (C=O) groups is 1. The number of benzene rings is 2. The van der Waals surface area contributed by atoms with Crippen molar-refractivity contribution in [1.29, 1.82) is 5.26 Å². The number of nitro benzene ring substituents is 1. The molecule has 5 aromatic rings. The van der Waals surface area contributed by atoms with Crippen LogP contribution in [0.3, 0.4) is 0 Å². The van der Waals surface area contributed by atoms with Crippen LogP contribution in [0.2, 0.25) is 0 Å². The Morgan fingerprint density at radius 3 is 2.56 bits per heavy atom. The average molecular weight is 539 g/mol. The number of hydrogen-bond donors (Lipinski definition) is 1. The molecule has 0 unspecified atom stereocenters. The lowest BCUT2D eigenvalue weighted by molar-refractivity contribution is -0.384. The molecule has 0 aliphatic heterocycles. The predicted molar refractivity (Wildman–Crippen MR) is 143 cm³/mol. The molecule has 0 atom stereocenters. The summed E-state index contributed by atoms with van der Waals surface area (Å²) in [5.41, 5.74) is -0.0511. The first-order valence-electron chi connectivity index (χ1n) is 11.5. The van der Waals surface area contributed by atoms with Crippen LogP contribution in [0.15, 0.2) is 98.8 Å². The van der Waals surface area contributed by atoms with E-state index in [0.29, 0.717) is 17.0 Å². The van der Waals surface area contributed by atoms with E-state index >= 15 is 0 Å². The third-order valence-corrected chi connectivity index (χ3v) is 6.75. The molecule has 0 aliphatic carbocycles. The van der Waals surface area contributed by atoms with Crippen LogP contribution in [0, 0.1) is 21.4 Å². The highest BCUT2D eigenvalue weighted by atomic mass is 32.1. The molecule has 39 heavy (non-hydrogen) atoms. The van der Waals surface area contributed by atoms with Crippen molar-refractivity contribution in [2.45, 2.75) is 6.54 Å². The van der Waals surface area contributed by atoms with Crippen LogP contribution in [-0.2, 0) is 11.3 Å². The van der Waals surface area contributed by atoms with Crippen molar-refractivity contribution in [1.82, 2.24) is 9.88 Å². The van der Waals surface area contributed by atoms with Gasteiger partial charge in [0.25, 0.3) is 17.2 Å². The fraction of sp³-hybridized carbons (Fsp3) is 0.0357. The minimum atomic E-state index is -0.664. The molecule has 0 aliphatic rings. The molecule has 0 radical (unpaired) electrons. The van der Waals surface area contributed by atoms with Crippen LogP contribution < -0.4 is 20.1 Å². The molecule has 3 heterocycles. The third kappa shape index (κ3) is 5.18. The van der Waals surface area contributed by atoms with E-state index in [-0.39, 0.29) is 38.5 Å². The van der Waals surface area contributed by atoms with Crippen molar-refractivity contribution < 1.29 is 18.6 Å². The van der Waals surface area contributed by atoms with Gasteiger partial charge in [-0.1, -0.05) is 30.3 Å². The maximum Gasteiger partial charge on any atom is 0.280 e. The van der Waals surface area contributed by atoms with Crippen molar-refractivity contribution in [3.63, 3.8) is 0 Å². The molecule has 1 N–H and O–H groups in total. The lowest BCUT2D eigenvalue weighted by Crippen LogP contribution is -2.33. The number of carbonyl (C=O) groups excluding carboxylic acids is 1. The molecule has 2 aromatic carbocycles. The van der Waals surface area contributed by atoms with Gasteiger partial charge < -0.3 is 14.2 Å². The summed E-state index contributed by atoms with van der Waals surface area (Å²) in [6.45, 7) is 0.0672. The van der Waals surface area contributed by atoms with E-state index in [4.69, 9.17) is 8.83 Å². The zero-order chi connectivity index (χ0) is 27.4. The lowest BCUT2D eigenvalue weighted by atomic mass is 10.1. The van der Waals surface area contributed by atoms with Crippen LogP contribution in [0.5, 0.6) is 0 Å². The molecule has 0 saturated heterocycles. The molecule has 0 bridgehead atoms. The SMILES string of the molecule is N#C/C(C(=O)NCc1ccco1)=c1/s/c(=C\c2ccc(-c3ccccc3[N+](=O)[O-])o2)c(=O)n1-c1ccccc1. The minimum absolute atomic E-state index is 0.0672. The number of amides is 1. The molecular formula is C28H18N4O6S. The van der Waals surface area contributed by atoms with Gasteiger partial charge in [-0.25, -0.2) is 0 Å². The number of hydrogen-bond acceptors (Lipinski definition) is 8. The summed E-state index contributed by atoms with van der Waals surface area (Å²) in [6, 6.07) is 23.3. The highest BCUT2D eigenvalue weighted by molar-refractivity contribution is 7.07. The summed E-state index contributed by atoms with van der Waals surface area (Å²) in [4.78, 5) is 37.4. The van der Waals surface area contributed by atoms with Crippen molar-refractivity contribution in [2.75, 3.05) is 0 Å². The van der Waals surface area contributed by atoms with Crippen LogP contribution in [-0.4, -0.2) is 15.4 Å². The number of nitriles is 1. The van der Waals surface area contributed by atoms with Gasteiger partial charge in [0.05, 0.1) is 33.5 Å². The zero-order valence-electron chi connectivity index (χ0n) is 20.1.